The summed E-state index contributed by atoms with van der Waals surface area (Å²) in [7, 11) is 0. The summed E-state index contributed by atoms with van der Waals surface area (Å²) >= 11 is 0. The molecule has 1 aromatic heterocycles. The number of hydrogen-bond donors (Lipinski definition) is 1. The van der Waals surface area contributed by atoms with Crippen LogP contribution in [-0.2, 0) is 6.54 Å². The van der Waals surface area contributed by atoms with E-state index in [1.807, 2.05) is 12.1 Å². The van der Waals surface area contributed by atoms with Gasteiger partial charge in [-0.1, -0.05) is 20.8 Å². The molecule has 0 amide bonds. The Labute approximate surface area is 117 Å². The largest absolute Gasteiger partial charge is 0.468 e. The SMILES string of the molecule is CC1CCN(C(CNCc2ccco2)C(C)C)CC1. The van der Waals surface area contributed by atoms with Crippen molar-refractivity contribution in [2.24, 2.45) is 11.8 Å². The van der Waals surface area contributed by atoms with Crippen LogP contribution >= 0.6 is 0 Å². The Morgan fingerprint density at radius 3 is 2.68 bits per heavy atom. The fourth-order valence-electron chi connectivity index (χ4n) is 2.90. The molecule has 0 bridgehead atoms. The van der Waals surface area contributed by atoms with Gasteiger partial charge in [-0.2, -0.15) is 0 Å². The van der Waals surface area contributed by atoms with E-state index in [1.165, 1.54) is 25.9 Å². The molecule has 108 valence electrons. The van der Waals surface area contributed by atoms with Crippen LogP contribution in [-0.4, -0.2) is 30.6 Å². The monoisotopic (exact) mass is 264 g/mol. The van der Waals surface area contributed by atoms with Gasteiger partial charge in [-0.3, -0.25) is 4.90 Å². The molecule has 2 heterocycles. The first kappa shape index (κ1) is 14.6. The summed E-state index contributed by atoms with van der Waals surface area (Å²) in [6.45, 7) is 11.4. The molecule has 19 heavy (non-hydrogen) atoms. The first-order valence-electron chi connectivity index (χ1n) is 7.64. The lowest BCUT2D eigenvalue weighted by atomic mass is 9.94. The van der Waals surface area contributed by atoms with Gasteiger partial charge in [-0.25, -0.2) is 0 Å². The van der Waals surface area contributed by atoms with Gasteiger partial charge in [0.1, 0.15) is 5.76 Å². The standard InChI is InChI=1S/C16H28N2O/c1-13(2)16(18-8-6-14(3)7-9-18)12-17-11-15-5-4-10-19-15/h4-5,10,13-14,16-17H,6-9,11-12H2,1-3H3. The zero-order valence-corrected chi connectivity index (χ0v) is 12.6. The number of furan rings is 1. The van der Waals surface area contributed by atoms with Crippen molar-refractivity contribution in [1.82, 2.24) is 10.2 Å². The molecule has 2 rings (SSSR count). The summed E-state index contributed by atoms with van der Waals surface area (Å²) in [6.07, 6.45) is 4.44. The average molecular weight is 264 g/mol. The van der Waals surface area contributed by atoms with Crippen molar-refractivity contribution >= 4 is 0 Å². The van der Waals surface area contributed by atoms with Gasteiger partial charge in [0.2, 0.25) is 0 Å². The zero-order valence-electron chi connectivity index (χ0n) is 12.6. The lowest BCUT2D eigenvalue weighted by Gasteiger charge is -2.39. The Morgan fingerprint density at radius 1 is 1.37 bits per heavy atom. The fourth-order valence-corrected chi connectivity index (χ4v) is 2.90. The predicted octanol–water partition coefficient (Wildman–Crippen LogP) is 3.13. The summed E-state index contributed by atoms with van der Waals surface area (Å²) in [5.74, 6) is 2.62. The molecule has 0 radical (unpaired) electrons. The van der Waals surface area contributed by atoms with Crippen molar-refractivity contribution in [3.63, 3.8) is 0 Å². The van der Waals surface area contributed by atoms with Crippen molar-refractivity contribution in [3.8, 4) is 0 Å². The van der Waals surface area contributed by atoms with Crippen LogP contribution in [0.3, 0.4) is 0 Å². The van der Waals surface area contributed by atoms with Crippen molar-refractivity contribution < 1.29 is 4.42 Å². The van der Waals surface area contributed by atoms with E-state index in [0.717, 1.165) is 24.8 Å². The highest BCUT2D eigenvalue weighted by Gasteiger charge is 2.25. The summed E-state index contributed by atoms with van der Waals surface area (Å²) in [5.41, 5.74) is 0. The van der Waals surface area contributed by atoms with E-state index in [-0.39, 0.29) is 0 Å². The molecule has 0 saturated carbocycles. The topological polar surface area (TPSA) is 28.4 Å². The highest BCUT2D eigenvalue weighted by atomic mass is 16.3. The first-order valence-corrected chi connectivity index (χ1v) is 7.64. The Balaban J connectivity index is 1.79. The third-order valence-electron chi connectivity index (χ3n) is 4.29. The van der Waals surface area contributed by atoms with E-state index in [9.17, 15) is 0 Å². The third-order valence-corrected chi connectivity index (χ3v) is 4.29. The molecule has 1 aromatic rings. The third kappa shape index (κ3) is 4.36. The normalized spacial score (nSPS) is 20.0. The minimum absolute atomic E-state index is 0.641. The second-order valence-corrected chi connectivity index (χ2v) is 6.24. The Bertz CT molecular complexity index is 340. The Kier molecular flexibility index (Phi) is 5.46. The van der Waals surface area contributed by atoms with E-state index >= 15 is 0 Å². The number of likely N-dealkylation sites (tertiary alicyclic amines) is 1. The van der Waals surface area contributed by atoms with Gasteiger partial charge >= 0.3 is 0 Å². The van der Waals surface area contributed by atoms with Gasteiger partial charge in [0.25, 0.3) is 0 Å². The maximum Gasteiger partial charge on any atom is 0.117 e. The van der Waals surface area contributed by atoms with Crippen molar-refractivity contribution in [2.45, 2.75) is 46.2 Å². The fraction of sp³-hybridized carbons (Fsp3) is 0.750. The number of piperidine rings is 1. The lowest BCUT2D eigenvalue weighted by Crippen LogP contribution is -2.48. The molecular weight excluding hydrogens is 236 g/mol. The van der Waals surface area contributed by atoms with E-state index in [0.29, 0.717) is 12.0 Å². The quantitative estimate of drug-likeness (QED) is 0.855. The molecule has 1 saturated heterocycles. The lowest BCUT2D eigenvalue weighted by molar-refractivity contribution is 0.106. The minimum atomic E-state index is 0.641. The van der Waals surface area contributed by atoms with Crippen molar-refractivity contribution in [2.75, 3.05) is 19.6 Å². The summed E-state index contributed by atoms with van der Waals surface area (Å²) in [4.78, 5) is 2.67. The van der Waals surface area contributed by atoms with Crippen LogP contribution in [0.5, 0.6) is 0 Å². The van der Waals surface area contributed by atoms with E-state index in [4.69, 9.17) is 4.42 Å². The van der Waals surface area contributed by atoms with Gasteiger partial charge in [-0.15, -0.1) is 0 Å². The van der Waals surface area contributed by atoms with E-state index in [2.05, 4.69) is 31.0 Å². The van der Waals surface area contributed by atoms with Crippen LogP contribution in [0.25, 0.3) is 0 Å². The number of nitrogens with one attached hydrogen (secondary N) is 1. The summed E-state index contributed by atoms with van der Waals surface area (Å²) in [6, 6.07) is 4.62. The zero-order chi connectivity index (χ0) is 13.7. The van der Waals surface area contributed by atoms with Gasteiger partial charge in [0, 0.05) is 12.6 Å². The maximum absolute atomic E-state index is 5.36. The van der Waals surface area contributed by atoms with E-state index in [1.54, 1.807) is 6.26 Å². The maximum atomic E-state index is 5.36. The smallest absolute Gasteiger partial charge is 0.117 e. The van der Waals surface area contributed by atoms with Crippen LogP contribution in [0, 0.1) is 11.8 Å². The van der Waals surface area contributed by atoms with E-state index < -0.39 is 0 Å². The number of nitrogens with zero attached hydrogens (tertiary/aromatic N) is 1. The van der Waals surface area contributed by atoms with Gasteiger partial charge in [0.15, 0.2) is 0 Å². The van der Waals surface area contributed by atoms with Gasteiger partial charge in [-0.05, 0) is 49.9 Å². The first-order chi connectivity index (χ1) is 9.16. The summed E-state index contributed by atoms with van der Waals surface area (Å²) < 4.78 is 5.36. The molecule has 1 aliphatic rings. The molecular formula is C16H28N2O. The number of rotatable bonds is 6. The highest BCUT2D eigenvalue weighted by Crippen LogP contribution is 2.21. The summed E-state index contributed by atoms with van der Waals surface area (Å²) in [5, 5.41) is 3.54. The van der Waals surface area contributed by atoms with Crippen LogP contribution < -0.4 is 5.32 Å². The van der Waals surface area contributed by atoms with Crippen LogP contribution in [0.1, 0.15) is 39.4 Å². The van der Waals surface area contributed by atoms with Crippen molar-refractivity contribution in [3.05, 3.63) is 24.2 Å². The molecule has 1 unspecified atom stereocenters. The van der Waals surface area contributed by atoms with Gasteiger partial charge < -0.3 is 9.73 Å². The molecule has 1 atom stereocenters. The molecule has 0 spiro atoms. The molecule has 0 aromatic carbocycles. The van der Waals surface area contributed by atoms with Crippen LogP contribution in [0.15, 0.2) is 22.8 Å². The second-order valence-electron chi connectivity index (χ2n) is 6.24. The molecule has 3 nitrogen and oxygen atoms in total. The molecule has 0 aliphatic carbocycles. The van der Waals surface area contributed by atoms with Crippen LogP contribution in [0.2, 0.25) is 0 Å². The molecule has 1 fully saturated rings. The molecule has 3 heteroatoms. The average Bonchev–Trinajstić information content (AvgIpc) is 2.89. The van der Waals surface area contributed by atoms with Crippen molar-refractivity contribution in [1.29, 1.82) is 0 Å². The Morgan fingerprint density at radius 2 is 2.11 bits per heavy atom. The highest BCUT2D eigenvalue weighted by molar-refractivity contribution is 4.97. The molecule has 1 aliphatic heterocycles. The van der Waals surface area contributed by atoms with Crippen LogP contribution in [0.4, 0.5) is 0 Å². The van der Waals surface area contributed by atoms with Gasteiger partial charge in [0.05, 0.1) is 12.8 Å². The molecule has 1 N–H and O–H groups in total. The Hall–Kier alpha value is -0.800. The predicted molar refractivity (Wildman–Crippen MR) is 79.0 cm³/mol. The second kappa shape index (κ2) is 7.11. The number of hydrogen-bond acceptors (Lipinski definition) is 3. The minimum Gasteiger partial charge on any atom is -0.468 e.